The zero-order chi connectivity index (χ0) is 9.10. The van der Waals surface area contributed by atoms with Crippen LogP contribution in [0.15, 0.2) is 30.3 Å². The van der Waals surface area contributed by atoms with Gasteiger partial charge in [-0.3, -0.25) is 0 Å². The van der Waals surface area contributed by atoms with Gasteiger partial charge in [0, 0.05) is 0 Å². The van der Waals surface area contributed by atoms with Crippen molar-refractivity contribution in [3.63, 3.8) is 0 Å². The van der Waals surface area contributed by atoms with Gasteiger partial charge in [-0.2, -0.15) is 0 Å². The van der Waals surface area contributed by atoms with E-state index in [2.05, 4.69) is 30.3 Å². The second-order valence-electron chi connectivity index (χ2n) is 3.76. The van der Waals surface area contributed by atoms with Gasteiger partial charge in [0.05, 0.1) is 0 Å². The van der Waals surface area contributed by atoms with Crippen LogP contribution in [0.5, 0.6) is 0 Å². The van der Waals surface area contributed by atoms with Crippen LogP contribution in [0.3, 0.4) is 0 Å². The Bertz CT molecular complexity index is 283. The molecule has 0 saturated heterocycles. The second kappa shape index (κ2) is 4.46. The van der Waals surface area contributed by atoms with Crippen LogP contribution in [0, 0.1) is 5.92 Å². The zero-order valence-electron chi connectivity index (χ0n) is 7.79. The first-order valence-electron chi connectivity index (χ1n) is 5.02. The molecule has 66 valence electrons. The molecule has 2 rings (SSSR count). The van der Waals surface area contributed by atoms with Gasteiger partial charge in [-0.05, 0) is 0 Å². The summed E-state index contributed by atoms with van der Waals surface area (Å²) < 4.78 is 1.69. The molecule has 1 aliphatic rings. The second-order valence-corrected chi connectivity index (χ2v) is 5.09. The van der Waals surface area contributed by atoms with E-state index in [0.717, 1.165) is 5.92 Å². The number of benzene rings is 1. The molecule has 0 spiro atoms. The molecule has 1 saturated carbocycles. The Morgan fingerprint density at radius 3 is 2.31 bits per heavy atom. The molecule has 0 amide bonds. The predicted molar refractivity (Wildman–Crippen MR) is 52.5 cm³/mol. The first-order valence-corrected chi connectivity index (χ1v) is 6.24. The van der Waals surface area contributed by atoms with Crippen molar-refractivity contribution >= 4 is 3.21 Å². The Labute approximate surface area is 94.7 Å². The predicted octanol–water partition coefficient (Wildman–Crippen LogP) is 2.94. The van der Waals surface area contributed by atoms with Crippen LogP contribution in [-0.4, -0.2) is 3.21 Å². The van der Waals surface area contributed by atoms with Crippen LogP contribution in [-0.2, 0) is 24.2 Å². The molecule has 0 bridgehead atoms. The fourth-order valence-corrected chi connectivity index (χ4v) is 3.19. The van der Waals surface area contributed by atoms with E-state index in [1.165, 1.54) is 31.2 Å². The Kier molecular flexibility index (Phi) is 3.27. The van der Waals surface area contributed by atoms with E-state index in [4.69, 9.17) is 0 Å². The number of hydrogen-bond donors (Lipinski definition) is 0. The molecule has 0 radical (unpaired) electrons. The average Bonchev–Trinajstić information content (AvgIpc) is 2.71. The third-order valence-electron chi connectivity index (χ3n) is 2.85. The third kappa shape index (κ3) is 2.26. The molecule has 13 heavy (non-hydrogen) atoms. The molecule has 0 aliphatic heterocycles. The van der Waals surface area contributed by atoms with Gasteiger partial charge in [-0.25, -0.2) is 0 Å². The maximum absolute atomic E-state index is 2.25. The van der Waals surface area contributed by atoms with Gasteiger partial charge in [0.15, 0.2) is 0 Å². The number of hydrogen-bond acceptors (Lipinski definition) is 0. The normalized spacial score (nSPS) is 17.5. The molecule has 0 N–H and O–H groups in total. The van der Waals surface area contributed by atoms with E-state index < -0.39 is 0 Å². The summed E-state index contributed by atoms with van der Waals surface area (Å²) in [5, 5.41) is 0. The monoisotopic (exact) mass is 248 g/mol. The maximum atomic E-state index is 2.25. The van der Waals surface area contributed by atoms with Gasteiger partial charge in [0.2, 0.25) is 0 Å². The minimum atomic E-state index is 0.903. The Morgan fingerprint density at radius 2 is 1.69 bits per heavy atom. The van der Waals surface area contributed by atoms with E-state index >= 15 is 0 Å². The van der Waals surface area contributed by atoms with Crippen LogP contribution in [0.1, 0.15) is 31.2 Å². The fraction of sp³-hybridized carbons (Fsp3) is 0.417. The van der Waals surface area contributed by atoms with E-state index in [1.54, 1.807) is 27.4 Å². The fourth-order valence-electron chi connectivity index (χ4n) is 2.07. The van der Waals surface area contributed by atoms with Crippen molar-refractivity contribution in [1.29, 1.82) is 0 Å². The van der Waals surface area contributed by atoms with Crippen molar-refractivity contribution in [2.45, 2.75) is 25.7 Å². The zero-order valence-corrected chi connectivity index (χ0v) is 10.3. The van der Waals surface area contributed by atoms with E-state index in [9.17, 15) is 0 Å². The van der Waals surface area contributed by atoms with E-state index in [-0.39, 0.29) is 0 Å². The number of rotatable bonds is 2. The molecule has 1 fully saturated rings. The summed E-state index contributed by atoms with van der Waals surface area (Å²) >= 11 is 1.61. The quantitative estimate of drug-likeness (QED) is 0.756. The summed E-state index contributed by atoms with van der Waals surface area (Å²) in [6.45, 7) is 0. The standard InChI is InChI=1S/C12H14.Zr/c1-2-6-11(7-3-1)10-12-8-4-5-9-12;/h1-3,6-7,12H,4-5,8-9H2;. The van der Waals surface area contributed by atoms with Crippen molar-refractivity contribution in [1.82, 2.24) is 0 Å². The summed E-state index contributed by atoms with van der Waals surface area (Å²) in [5.74, 6) is 0.903. The van der Waals surface area contributed by atoms with Crippen LogP contribution in [0.25, 0.3) is 0 Å². The summed E-state index contributed by atoms with van der Waals surface area (Å²) in [4.78, 5) is 0. The van der Waals surface area contributed by atoms with Crippen LogP contribution in [0.2, 0.25) is 0 Å². The first kappa shape index (κ1) is 9.53. The van der Waals surface area contributed by atoms with Crippen molar-refractivity contribution < 1.29 is 24.2 Å². The Balaban J connectivity index is 2.13. The molecule has 0 heterocycles. The average molecular weight is 249 g/mol. The van der Waals surface area contributed by atoms with Crippen LogP contribution >= 0.6 is 0 Å². The molecule has 1 aliphatic carbocycles. The summed E-state index contributed by atoms with van der Waals surface area (Å²) in [7, 11) is 0. The van der Waals surface area contributed by atoms with Gasteiger partial charge >= 0.3 is 94.9 Å². The summed E-state index contributed by atoms with van der Waals surface area (Å²) in [6, 6.07) is 10.9. The summed E-state index contributed by atoms with van der Waals surface area (Å²) in [6.07, 6.45) is 5.73. The van der Waals surface area contributed by atoms with Crippen LogP contribution < -0.4 is 0 Å². The van der Waals surface area contributed by atoms with Crippen molar-refractivity contribution in [3.8, 4) is 0 Å². The Morgan fingerprint density at radius 1 is 1.08 bits per heavy atom. The van der Waals surface area contributed by atoms with Gasteiger partial charge in [-0.15, -0.1) is 0 Å². The van der Waals surface area contributed by atoms with E-state index in [1.807, 2.05) is 0 Å². The molecule has 1 heteroatoms. The molecule has 0 aromatic heterocycles. The van der Waals surface area contributed by atoms with Gasteiger partial charge in [-0.1, -0.05) is 0 Å². The van der Waals surface area contributed by atoms with Gasteiger partial charge < -0.3 is 0 Å². The topological polar surface area (TPSA) is 0 Å². The molecule has 1 aromatic rings. The first-order chi connectivity index (χ1) is 6.38. The van der Waals surface area contributed by atoms with E-state index in [0.29, 0.717) is 0 Å². The van der Waals surface area contributed by atoms with Crippen molar-refractivity contribution in [3.05, 3.63) is 35.9 Å². The van der Waals surface area contributed by atoms with Gasteiger partial charge in [0.25, 0.3) is 0 Å². The molecular weight excluding hydrogens is 235 g/mol. The Hall–Kier alpha value is -0.0269. The molecule has 0 atom stereocenters. The van der Waals surface area contributed by atoms with Gasteiger partial charge in [0.1, 0.15) is 0 Å². The molecule has 1 aromatic carbocycles. The molecular formula is C12H14Zr. The van der Waals surface area contributed by atoms with Crippen molar-refractivity contribution in [2.75, 3.05) is 0 Å². The third-order valence-corrected chi connectivity index (χ3v) is 4.56. The minimum absolute atomic E-state index is 0.903. The van der Waals surface area contributed by atoms with Crippen molar-refractivity contribution in [2.24, 2.45) is 5.92 Å². The molecule has 0 unspecified atom stereocenters. The molecule has 0 nitrogen and oxygen atoms in total. The SMILES string of the molecule is [Zr]=[C](c1ccccc1)C1CCCC1. The summed E-state index contributed by atoms with van der Waals surface area (Å²) in [5.41, 5.74) is 1.48. The van der Waals surface area contributed by atoms with Crippen LogP contribution in [0.4, 0.5) is 0 Å².